The zero-order valence-electron chi connectivity index (χ0n) is 11.6. The number of anilines is 1. The second-order valence-corrected chi connectivity index (χ2v) is 4.46. The van der Waals surface area contributed by atoms with Crippen LogP contribution in [0.1, 0.15) is 40.5 Å². The van der Waals surface area contributed by atoms with Crippen LogP contribution in [0.5, 0.6) is 0 Å². The van der Waals surface area contributed by atoms with Crippen LogP contribution in [-0.4, -0.2) is 36.6 Å². The molecule has 1 aromatic carbocycles. The number of carboxylic acids is 1. The minimum absolute atomic E-state index is 0.126. The maximum Gasteiger partial charge on any atom is 0.335 e. The lowest BCUT2D eigenvalue weighted by Crippen LogP contribution is -2.20. The van der Waals surface area contributed by atoms with Crippen LogP contribution in [0.15, 0.2) is 18.2 Å². The van der Waals surface area contributed by atoms with Gasteiger partial charge in [0, 0.05) is 12.2 Å². The fourth-order valence-corrected chi connectivity index (χ4v) is 1.78. The van der Waals surface area contributed by atoms with E-state index in [1.165, 1.54) is 18.2 Å². The molecule has 20 heavy (non-hydrogen) atoms. The molecular weight excluding hydrogens is 258 g/mol. The third-order valence-corrected chi connectivity index (χ3v) is 2.80. The van der Waals surface area contributed by atoms with E-state index < -0.39 is 11.9 Å². The van der Waals surface area contributed by atoms with Gasteiger partial charge in [-0.15, -0.1) is 0 Å². The molecule has 0 aliphatic rings. The Morgan fingerprint density at radius 1 is 1.25 bits per heavy atom. The van der Waals surface area contributed by atoms with E-state index in [9.17, 15) is 9.59 Å². The molecule has 0 spiro atoms. The van der Waals surface area contributed by atoms with Crippen LogP contribution >= 0.6 is 0 Å². The maximum atomic E-state index is 11.3. The molecule has 0 atom stereocenters. The minimum Gasteiger partial charge on any atom is -0.478 e. The van der Waals surface area contributed by atoms with Gasteiger partial charge in [0.1, 0.15) is 0 Å². The lowest BCUT2D eigenvalue weighted by molar-refractivity contribution is 0.0696. The smallest absolute Gasteiger partial charge is 0.335 e. The fourth-order valence-electron chi connectivity index (χ4n) is 1.78. The van der Waals surface area contributed by atoms with Gasteiger partial charge in [0.15, 0.2) is 0 Å². The average molecular weight is 279 g/mol. The van der Waals surface area contributed by atoms with Crippen LogP contribution in [-0.2, 0) is 0 Å². The quantitative estimate of drug-likeness (QED) is 0.510. The van der Waals surface area contributed by atoms with E-state index in [2.05, 4.69) is 17.6 Å². The van der Waals surface area contributed by atoms with Crippen LogP contribution in [0.4, 0.5) is 5.69 Å². The first kappa shape index (κ1) is 16.0. The summed E-state index contributed by atoms with van der Waals surface area (Å²) in [5.41, 5.74) is 6.17. The number of rotatable bonds is 9. The standard InChI is InChI=1S/C14H21N3O3/c1-2-6-16-7-3-8-17-12-9-10(14(19)20)4-5-11(12)13(15)18/h4-5,9,16-17H,2-3,6-8H2,1H3,(H2,15,18)(H,19,20). The summed E-state index contributed by atoms with van der Waals surface area (Å²) >= 11 is 0. The fraction of sp³-hybridized carbons (Fsp3) is 0.429. The first-order valence-corrected chi connectivity index (χ1v) is 6.68. The van der Waals surface area contributed by atoms with E-state index in [0.29, 0.717) is 17.8 Å². The van der Waals surface area contributed by atoms with Crippen molar-refractivity contribution in [3.8, 4) is 0 Å². The Kier molecular flexibility index (Phi) is 6.52. The number of carbonyl (C=O) groups excluding carboxylic acids is 1. The number of aromatic carboxylic acids is 1. The summed E-state index contributed by atoms with van der Waals surface area (Å²) < 4.78 is 0. The van der Waals surface area contributed by atoms with Crippen molar-refractivity contribution in [3.05, 3.63) is 29.3 Å². The second-order valence-electron chi connectivity index (χ2n) is 4.46. The summed E-state index contributed by atoms with van der Waals surface area (Å²) in [5, 5.41) is 15.3. The highest BCUT2D eigenvalue weighted by molar-refractivity contribution is 6.00. The molecule has 1 aromatic rings. The van der Waals surface area contributed by atoms with Gasteiger partial charge in [0.2, 0.25) is 0 Å². The number of carboxylic acid groups (broad SMARTS) is 1. The topological polar surface area (TPSA) is 104 Å². The molecule has 110 valence electrons. The average Bonchev–Trinajstić information content (AvgIpc) is 2.42. The Morgan fingerprint density at radius 3 is 2.60 bits per heavy atom. The van der Waals surface area contributed by atoms with Gasteiger partial charge in [0.25, 0.3) is 5.91 Å². The van der Waals surface area contributed by atoms with Crippen LogP contribution in [0.3, 0.4) is 0 Å². The van der Waals surface area contributed by atoms with Crippen molar-refractivity contribution in [1.82, 2.24) is 5.32 Å². The first-order valence-electron chi connectivity index (χ1n) is 6.68. The van der Waals surface area contributed by atoms with Crippen molar-refractivity contribution >= 4 is 17.6 Å². The van der Waals surface area contributed by atoms with Crippen molar-refractivity contribution in [2.75, 3.05) is 25.0 Å². The lowest BCUT2D eigenvalue weighted by Gasteiger charge is -2.11. The van der Waals surface area contributed by atoms with Crippen LogP contribution in [0.2, 0.25) is 0 Å². The van der Waals surface area contributed by atoms with E-state index in [-0.39, 0.29) is 5.56 Å². The van der Waals surface area contributed by atoms with Gasteiger partial charge in [-0.3, -0.25) is 4.79 Å². The normalized spacial score (nSPS) is 10.2. The highest BCUT2D eigenvalue weighted by atomic mass is 16.4. The number of primary amides is 1. The molecule has 0 fully saturated rings. The van der Waals surface area contributed by atoms with Crippen LogP contribution < -0.4 is 16.4 Å². The Labute approximate surface area is 118 Å². The maximum absolute atomic E-state index is 11.3. The summed E-state index contributed by atoms with van der Waals surface area (Å²) in [7, 11) is 0. The molecule has 0 bridgehead atoms. The van der Waals surface area contributed by atoms with Gasteiger partial charge < -0.3 is 21.5 Å². The zero-order chi connectivity index (χ0) is 15.0. The lowest BCUT2D eigenvalue weighted by atomic mass is 10.1. The van der Waals surface area contributed by atoms with Crippen molar-refractivity contribution in [2.45, 2.75) is 19.8 Å². The van der Waals surface area contributed by atoms with Gasteiger partial charge in [-0.05, 0) is 44.1 Å². The first-order chi connectivity index (χ1) is 9.56. The second kappa shape index (κ2) is 8.16. The number of amides is 1. The number of carbonyl (C=O) groups is 2. The van der Waals surface area contributed by atoms with Gasteiger partial charge >= 0.3 is 5.97 Å². The summed E-state index contributed by atoms with van der Waals surface area (Å²) in [4.78, 5) is 22.2. The molecule has 0 saturated carbocycles. The summed E-state index contributed by atoms with van der Waals surface area (Å²) in [6.07, 6.45) is 1.95. The van der Waals surface area contributed by atoms with Crippen molar-refractivity contribution in [1.29, 1.82) is 0 Å². The molecule has 0 aliphatic carbocycles. The van der Waals surface area contributed by atoms with E-state index >= 15 is 0 Å². The molecular formula is C14H21N3O3. The Morgan fingerprint density at radius 2 is 2.00 bits per heavy atom. The van der Waals surface area contributed by atoms with Crippen LogP contribution in [0, 0.1) is 0 Å². The van der Waals surface area contributed by atoms with E-state index in [4.69, 9.17) is 10.8 Å². The summed E-state index contributed by atoms with van der Waals surface area (Å²) in [6, 6.07) is 4.24. The Hall–Kier alpha value is -2.08. The molecule has 0 radical (unpaired) electrons. The molecule has 6 nitrogen and oxygen atoms in total. The predicted octanol–water partition coefficient (Wildman–Crippen LogP) is 1.29. The largest absolute Gasteiger partial charge is 0.478 e. The number of nitrogens with two attached hydrogens (primary N) is 1. The molecule has 0 saturated heterocycles. The van der Waals surface area contributed by atoms with Crippen molar-refractivity contribution in [2.24, 2.45) is 5.73 Å². The molecule has 0 heterocycles. The Balaban J connectivity index is 2.63. The molecule has 0 aromatic heterocycles. The third-order valence-electron chi connectivity index (χ3n) is 2.80. The molecule has 0 aliphatic heterocycles. The minimum atomic E-state index is -1.03. The monoisotopic (exact) mass is 279 g/mol. The third kappa shape index (κ3) is 4.89. The van der Waals surface area contributed by atoms with Crippen molar-refractivity contribution < 1.29 is 14.7 Å². The van der Waals surface area contributed by atoms with E-state index in [1.807, 2.05) is 0 Å². The summed E-state index contributed by atoms with van der Waals surface area (Å²) in [6.45, 7) is 4.58. The van der Waals surface area contributed by atoms with Gasteiger partial charge in [0.05, 0.1) is 11.1 Å². The molecule has 0 unspecified atom stereocenters. The zero-order valence-corrected chi connectivity index (χ0v) is 11.6. The number of hydrogen-bond donors (Lipinski definition) is 4. The number of nitrogens with one attached hydrogen (secondary N) is 2. The predicted molar refractivity (Wildman–Crippen MR) is 78.2 cm³/mol. The molecule has 6 heteroatoms. The van der Waals surface area contributed by atoms with Gasteiger partial charge in [-0.1, -0.05) is 6.92 Å². The SMILES string of the molecule is CCCNCCCNc1cc(C(=O)O)ccc1C(N)=O. The number of benzene rings is 1. The van der Waals surface area contributed by atoms with Gasteiger partial charge in [-0.2, -0.15) is 0 Å². The molecule has 5 N–H and O–H groups in total. The Bertz CT molecular complexity index is 475. The number of hydrogen-bond acceptors (Lipinski definition) is 4. The highest BCUT2D eigenvalue weighted by Crippen LogP contribution is 2.17. The van der Waals surface area contributed by atoms with E-state index in [0.717, 1.165) is 25.9 Å². The summed E-state index contributed by atoms with van der Waals surface area (Å²) in [5.74, 6) is -1.61. The highest BCUT2D eigenvalue weighted by Gasteiger charge is 2.11. The van der Waals surface area contributed by atoms with Crippen molar-refractivity contribution in [3.63, 3.8) is 0 Å². The van der Waals surface area contributed by atoms with E-state index in [1.54, 1.807) is 0 Å². The van der Waals surface area contributed by atoms with Gasteiger partial charge in [-0.25, -0.2) is 4.79 Å². The van der Waals surface area contributed by atoms with Crippen LogP contribution in [0.25, 0.3) is 0 Å². The molecule has 1 rings (SSSR count). The molecule has 1 amide bonds.